The molecule has 2 aromatic carbocycles. The maximum absolute atomic E-state index is 13.7. The second-order valence-electron chi connectivity index (χ2n) is 7.87. The molecule has 1 heterocycles. The number of rotatable bonds is 11. The SMILES string of the molecule is CCOc1c(OC)ccnc1C(=O)N[C@@H](C)C(=O)O[C@@H](C)[C@H](Oc1cccc(F)c1)c1ccccc1. The monoisotopic (exact) mass is 496 g/mol. The normalized spacial score (nSPS) is 13.1. The van der Waals surface area contributed by atoms with Gasteiger partial charge in [0.15, 0.2) is 23.3 Å². The number of carbonyl (C=O) groups is 2. The van der Waals surface area contributed by atoms with Crippen LogP contribution in [-0.4, -0.2) is 42.7 Å². The standard InChI is InChI=1S/C27H29FN2O6/c1-5-34-25-22(33-4)14-15-29-23(25)26(31)30-17(2)27(32)35-18(3)24(19-10-7-6-8-11-19)36-21-13-9-12-20(28)16-21/h6-18,24H,5H2,1-4H3,(H,30,31)/t17-,18-,24-/m0/s1. The predicted molar refractivity (Wildman–Crippen MR) is 131 cm³/mol. The molecule has 190 valence electrons. The van der Waals surface area contributed by atoms with E-state index in [4.69, 9.17) is 18.9 Å². The van der Waals surface area contributed by atoms with E-state index in [0.717, 1.165) is 5.56 Å². The average molecular weight is 497 g/mol. The Hall–Kier alpha value is -4.14. The summed E-state index contributed by atoms with van der Waals surface area (Å²) in [5, 5.41) is 2.59. The summed E-state index contributed by atoms with van der Waals surface area (Å²) in [6, 6.07) is 15.4. The predicted octanol–water partition coefficient (Wildman–Crippen LogP) is 4.50. The molecule has 8 nitrogen and oxygen atoms in total. The molecule has 3 rings (SSSR count). The van der Waals surface area contributed by atoms with E-state index in [1.54, 1.807) is 26.0 Å². The van der Waals surface area contributed by atoms with Crippen LogP contribution in [0.15, 0.2) is 66.9 Å². The van der Waals surface area contributed by atoms with Gasteiger partial charge in [0.25, 0.3) is 5.91 Å². The molecule has 0 saturated heterocycles. The van der Waals surface area contributed by atoms with Gasteiger partial charge in [0.05, 0.1) is 13.7 Å². The summed E-state index contributed by atoms with van der Waals surface area (Å²) in [6.45, 7) is 5.23. The Morgan fingerprint density at radius 3 is 2.47 bits per heavy atom. The number of esters is 1. The fourth-order valence-electron chi connectivity index (χ4n) is 3.47. The van der Waals surface area contributed by atoms with Crippen molar-refractivity contribution in [3.63, 3.8) is 0 Å². The van der Waals surface area contributed by atoms with Crippen LogP contribution in [0.1, 0.15) is 42.9 Å². The lowest BCUT2D eigenvalue weighted by Gasteiger charge is -2.27. The van der Waals surface area contributed by atoms with E-state index in [1.165, 1.54) is 38.4 Å². The number of pyridine rings is 1. The summed E-state index contributed by atoms with van der Waals surface area (Å²) >= 11 is 0. The molecule has 36 heavy (non-hydrogen) atoms. The quantitative estimate of drug-likeness (QED) is 0.391. The number of benzene rings is 2. The van der Waals surface area contributed by atoms with Gasteiger partial charge in [-0.3, -0.25) is 4.79 Å². The Kier molecular flexibility index (Phi) is 9.21. The number of aromatic nitrogens is 1. The van der Waals surface area contributed by atoms with E-state index in [9.17, 15) is 14.0 Å². The molecule has 0 spiro atoms. The first-order valence-electron chi connectivity index (χ1n) is 11.5. The zero-order chi connectivity index (χ0) is 26.1. The van der Waals surface area contributed by atoms with E-state index in [0.29, 0.717) is 18.1 Å². The molecule has 3 aromatic rings. The highest BCUT2D eigenvalue weighted by Crippen LogP contribution is 2.30. The van der Waals surface area contributed by atoms with Gasteiger partial charge in [-0.05, 0) is 38.5 Å². The summed E-state index contributed by atoms with van der Waals surface area (Å²) < 4.78 is 36.1. The van der Waals surface area contributed by atoms with Crippen molar-refractivity contribution in [1.82, 2.24) is 10.3 Å². The van der Waals surface area contributed by atoms with E-state index >= 15 is 0 Å². The van der Waals surface area contributed by atoms with Crippen molar-refractivity contribution >= 4 is 11.9 Å². The average Bonchev–Trinajstić information content (AvgIpc) is 2.87. The van der Waals surface area contributed by atoms with E-state index in [1.807, 2.05) is 30.3 Å². The van der Waals surface area contributed by atoms with Crippen LogP contribution >= 0.6 is 0 Å². The first kappa shape index (κ1) is 26.5. The molecule has 0 aliphatic heterocycles. The second kappa shape index (κ2) is 12.5. The minimum absolute atomic E-state index is 0.0134. The lowest BCUT2D eigenvalue weighted by molar-refractivity contribution is -0.154. The van der Waals surface area contributed by atoms with Crippen molar-refractivity contribution in [3.8, 4) is 17.2 Å². The number of ether oxygens (including phenoxy) is 4. The molecule has 0 saturated carbocycles. The molecular formula is C27H29FN2O6. The van der Waals surface area contributed by atoms with Crippen molar-refractivity contribution in [2.75, 3.05) is 13.7 Å². The van der Waals surface area contributed by atoms with Crippen molar-refractivity contribution in [2.45, 2.75) is 39.0 Å². The number of carbonyl (C=O) groups excluding carboxylic acids is 2. The summed E-state index contributed by atoms with van der Waals surface area (Å²) in [7, 11) is 1.45. The Morgan fingerprint density at radius 1 is 1.06 bits per heavy atom. The van der Waals surface area contributed by atoms with Crippen LogP contribution in [0.5, 0.6) is 17.2 Å². The van der Waals surface area contributed by atoms with Crippen LogP contribution in [0.4, 0.5) is 4.39 Å². The number of amides is 1. The van der Waals surface area contributed by atoms with E-state index < -0.39 is 35.9 Å². The molecule has 0 aliphatic rings. The van der Waals surface area contributed by atoms with Crippen LogP contribution < -0.4 is 19.5 Å². The Balaban J connectivity index is 1.72. The number of methoxy groups -OCH3 is 1. The number of nitrogens with zero attached hydrogens (tertiary/aromatic N) is 1. The van der Waals surface area contributed by atoms with Crippen LogP contribution in [0, 0.1) is 5.82 Å². The second-order valence-corrected chi connectivity index (χ2v) is 7.87. The van der Waals surface area contributed by atoms with Gasteiger partial charge in [-0.25, -0.2) is 14.2 Å². The first-order chi connectivity index (χ1) is 17.3. The van der Waals surface area contributed by atoms with Crippen molar-refractivity contribution in [2.24, 2.45) is 0 Å². The number of halogens is 1. The number of nitrogens with one attached hydrogen (secondary N) is 1. The first-order valence-corrected chi connectivity index (χ1v) is 11.5. The highest BCUT2D eigenvalue weighted by atomic mass is 19.1. The summed E-state index contributed by atoms with van der Waals surface area (Å²) in [4.78, 5) is 29.8. The fourth-order valence-corrected chi connectivity index (χ4v) is 3.47. The number of hydrogen-bond donors (Lipinski definition) is 1. The van der Waals surface area contributed by atoms with Crippen LogP contribution in [0.2, 0.25) is 0 Å². The van der Waals surface area contributed by atoms with Crippen LogP contribution in [-0.2, 0) is 9.53 Å². The molecule has 1 N–H and O–H groups in total. The molecule has 0 aliphatic carbocycles. The number of hydrogen-bond acceptors (Lipinski definition) is 7. The molecular weight excluding hydrogens is 467 g/mol. The molecule has 0 radical (unpaired) electrons. The fraction of sp³-hybridized carbons (Fsp3) is 0.296. The Bertz CT molecular complexity index is 1170. The summed E-state index contributed by atoms with van der Waals surface area (Å²) in [5.41, 5.74) is 0.723. The molecule has 1 amide bonds. The Labute approximate surface area is 209 Å². The van der Waals surface area contributed by atoms with Gasteiger partial charge in [-0.2, -0.15) is 0 Å². The van der Waals surface area contributed by atoms with E-state index in [-0.39, 0.29) is 11.4 Å². The highest BCUT2D eigenvalue weighted by molar-refractivity contribution is 5.98. The van der Waals surface area contributed by atoms with Gasteiger partial charge in [0, 0.05) is 18.3 Å². The summed E-state index contributed by atoms with van der Waals surface area (Å²) in [6.07, 6.45) is -0.0730. The Morgan fingerprint density at radius 2 is 1.81 bits per heavy atom. The third kappa shape index (κ3) is 6.71. The molecule has 1 aromatic heterocycles. The van der Waals surface area contributed by atoms with Gasteiger partial charge in [0.2, 0.25) is 0 Å². The molecule has 0 fully saturated rings. The van der Waals surface area contributed by atoms with Crippen molar-refractivity contribution in [1.29, 1.82) is 0 Å². The lowest BCUT2D eigenvalue weighted by atomic mass is 10.0. The largest absolute Gasteiger partial charge is 0.493 e. The lowest BCUT2D eigenvalue weighted by Crippen LogP contribution is -2.42. The maximum Gasteiger partial charge on any atom is 0.328 e. The smallest absolute Gasteiger partial charge is 0.328 e. The summed E-state index contributed by atoms with van der Waals surface area (Å²) in [5.74, 6) is -0.924. The van der Waals surface area contributed by atoms with Crippen LogP contribution in [0.25, 0.3) is 0 Å². The minimum atomic E-state index is -1.01. The van der Waals surface area contributed by atoms with Gasteiger partial charge in [-0.1, -0.05) is 36.4 Å². The highest BCUT2D eigenvalue weighted by Gasteiger charge is 2.29. The topological polar surface area (TPSA) is 96.0 Å². The van der Waals surface area contributed by atoms with Gasteiger partial charge in [0.1, 0.15) is 23.7 Å². The van der Waals surface area contributed by atoms with E-state index in [2.05, 4.69) is 10.3 Å². The third-order valence-corrected chi connectivity index (χ3v) is 5.21. The van der Waals surface area contributed by atoms with Crippen molar-refractivity contribution in [3.05, 3.63) is 83.9 Å². The van der Waals surface area contributed by atoms with Gasteiger partial charge < -0.3 is 24.3 Å². The molecule has 0 unspecified atom stereocenters. The van der Waals surface area contributed by atoms with Crippen LogP contribution in [0.3, 0.4) is 0 Å². The zero-order valence-corrected chi connectivity index (χ0v) is 20.6. The molecule has 9 heteroatoms. The van der Waals surface area contributed by atoms with Crippen molar-refractivity contribution < 1.29 is 32.9 Å². The molecule has 3 atom stereocenters. The minimum Gasteiger partial charge on any atom is -0.493 e. The van der Waals surface area contributed by atoms with Gasteiger partial charge >= 0.3 is 5.97 Å². The van der Waals surface area contributed by atoms with Gasteiger partial charge in [-0.15, -0.1) is 0 Å². The third-order valence-electron chi connectivity index (χ3n) is 5.21. The molecule has 0 bridgehead atoms. The zero-order valence-electron chi connectivity index (χ0n) is 20.6. The maximum atomic E-state index is 13.7.